The summed E-state index contributed by atoms with van der Waals surface area (Å²) in [6.07, 6.45) is 1.66. The van der Waals surface area contributed by atoms with Crippen LogP contribution in [0, 0.1) is 6.92 Å². The molecule has 1 heterocycles. The van der Waals surface area contributed by atoms with Crippen LogP contribution in [-0.2, 0) is 0 Å². The third kappa shape index (κ3) is 2.51. The van der Waals surface area contributed by atoms with Crippen LogP contribution in [-0.4, -0.2) is 22.0 Å². The van der Waals surface area contributed by atoms with Gasteiger partial charge in [-0.15, -0.1) is 6.58 Å². The van der Waals surface area contributed by atoms with Gasteiger partial charge in [-0.25, -0.2) is 4.98 Å². The van der Waals surface area contributed by atoms with Crippen molar-refractivity contribution in [3.8, 4) is 5.69 Å². The Hall–Kier alpha value is -2.88. The molecule has 1 aromatic heterocycles. The summed E-state index contributed by atoms with van der Waals surface area (Å²) in [6, 6.07) is 15.6. The van der Waals surface area contributed by atoms with Gasteiger partial charge in [0, 0.05) is 17.8 Å². The molecule has 0 saturated carbocycles. The van der Waals surface area contributed by atoms with Gasteiger partial charge in [0.25, 0.3) is 5.91 Å². The van der Waals surface area contributed by atoms with E-state index in [1.54, 1.807) is 6.08 Å². The highest BCUT2D eigenvalue weighted by molar-refractivity contribution is 5.97. The molecule has 1 N–H and O–H groups in total. The number of benzene rings is 2. The number of imidazole rings is 1. The maximum absolute atomic E-state index is 12.0. The number of hydrogen-bond donors (Lipinski definition) is 1. The van der Waals surface area contributed by atoms with Crippen molar-refractivity contribution in [1.29, 1.82) is 0 Å². The molecule has 0 aliphatic carbocycles. The fourth-order valence-corrected chi connectivity index (χ4v) is 2.51. The molecule has 4 heteroatoms. The van der Waals surface area contributed by atoms with Crippen LogP contribution in [0.5, 0.6) is 0 Å². The molecule has 0 atom stereocenters. The van der Waals surface area contributed by atoms with Crippen LogP contribution in [0.3, 0.4) is 0 Å². The van der Waals surface area contributed by atoms with Crippen molar-refractivity contribution in [3.05, 3.63) is 72.6 Å². The Kier molecular flexibility index (Phi) is 3.74. The van der Waals surface area contributed by atoms with Gasteiger partial charge in [-0.1, -0.05) is 24.3 Å². The van der Waals surface area contributed by atoms with Crippen LogP contribution in [0.2, 0.25) is 0 Å². The smallest absolute Gasteiger partial charge is 0.251 e. The van der Waals surface area contributed by atoms with Gasteiger partial charge < -0.3 is 5.32 Å². The number of aryl methyl sites for hydroxylation is 1. The van der Waals surface area contributed by atoms with E-state index >= 15 is 0 Å². The lowest BCUT2D eigenvalue weighted by Crippen LogP contribution is -2.23. The van der Waals surface area contributed by atoms with Gasteiger partial charge in [-0.3, -0.25) is 9.36 Å². The van der Waals surface area contributed by atoms with Crippen LogP contribution in [0.1, 0.15) is 16.2 Å². The van der Waals surface area contributed by atoms with E-state index in [0.29, 0.717) is 12.1 Å². The first-order valence-corrected chi connectivity index (χ1v) is 7.14. The monoisotopic (exact) mass is 291 g/mol. The summed E-state index contributed by atoms with van der Waals surface area (Å²) < 4.78 is 2.08. The minimum absolute atomic E-state index is 0.117. The lowest BCUT2D eigenvalue weighted by atomic mass is 10.2. The molecule has 0 radical (unpaired) electrons. The number of amides is 1. The standard InChI is InChI=1S/C18H17N3O/c1-3-11-19-18(22)14-9-10-17-16(12-14)20-13(2)21(17)15-7-5-4-6-8-15/h3-10,12H,1,11H2,2H3,(H,19,22). The Morgan fingerprint density at radius 1 is 1.27 bits per heavy atom. The highest BCUT2D eigenvalue weighted by atomic mass is 16.1. The molecule has 3 aromatic rings. The van der Waals surface area contributed by atoms with Crippen molar-refractivity contribution in [2.45, 2.75) is 6.92 Å². The van der Waals surface area contributed by atoms with Crippen LogP contribution in [0.15, 0.2) is 61.2 Å². The Morgan fingerprint density at radius 3 is 2.77 bits per heavy atom. The second-order valence-corrected chi connectivity index (χ2v) is 5.03. The normalized spacial score (nSPS) is 10.6. The summed E-state index contributed by atoms with van der Waals surface area (Å²) in [5.74, 6) is 0.776. The van der Waals surface area contributed by atoms with E-state index in [-0.39, 0.29) is 5.91 Å². The first kappa shape index (κ1) is 14.1. The first-order chi connectivity index (χ1) is 10.7. The number of nitrogens with one attached hydrogen (secondary N) is 1. The number of nitrogens with zero attached hydrogens (tertiary/aromatic N) is 2. The van der Waals surface area contributed by atoms with E-state index < -0.39 is 0 Å². The average Bonchev–Trinajstić information content (AvgIpc) is 2.88. The molecule has 2 aromatic carbocycles. The largest absolute Gasteiger partial charge is 0.349 e. The molecular formula is C18H17N3O. The van der Waals surface area contributed by atoms with Crippen LogP contribution < -0.4 is 5.32 Å². The molecule has 0 saturated heterocycles. The SMILES string of the molecule is C=CCNC(=O)c1ccc2c(c1)nc(C)n2-c1ccccc1. The van der Waals surface area contributed by atoms with Crippen molar-refractivity contribution in [2.24, 2.45) is 0 Å². The number of para-hydroxylation sites is 1. The molecule has 0 bridgehead atoms. The fourth-order valence-electron chi connectivity index (χ4n) is 2.51. The number of rotatable bonds is 4. The fraction of sp³-hybridized carbons (Fsp3) is 0.111. The number of hydrogen-bond acceptors (Lipinski definition) is 2. The van der Waals surface area contributed by atoms with Crippen LogP contribution in [0.4, 0.5) is 0 Å². The average molecular weight is 291 g/mol. The molecule has 22 heavy (non-hydrogen) atoms. The maximum Gasteiger partial charge on any atom is 0.251 e. The second-order valence-electron chi connectivity index (χ2n) is 5.03. The summed E-state index contributed by atoms with van der Waals surface area (Å²) in [5.41, 5.74) is 3.47. The predicted octanol–water partition coefficient (Wildman–Crippen LogP) is 3.25. The Labute approximate surface area is 129 Å². The molecule has 0 spiro atoms. The predicted molar refractivity (Wildman–Crippen MR) is 88.3 cm³/mol. The van der Waals surface area contributed by atoms with Crippen molar-refractivity contribution < 1.29 is 4.79 Å². The van der Waals surface area contributed by atoms with Gasteiger partial charge >= 0.3 is 0 Å². The van der Waals surface area contributed by atoms with E-state index in [2.05, 4.69) is 21.4 Å². The molecule has 4 nitrogen and oxygen atoms in total. The zero-order valence-corrected chi connectivity index (χ0v) is 12.4. The van der Waals surface area contributed by atoms with Crippen molar-refractivity contribution >= 4 is 16.9 Å². The zero-order chi connectivity index (χ0) is 15.5. The van der Waals surface area contributed by atoms with Gasteiger partial charge in [0.2, 0.25) is 0 Å². The van der Waals surface area contributed by atoms with Crippen molar-refractivity contribution in [2.75, 3.05) is 6.54 Å². The minimum Gasteiger partial charge on any atom is -0.349 e. The summed E-state index contributed by atoms with van der Waals surface area (Å²) >= 11 is 0. The number of fused-ring (bicyclic) bond motifs is 1. The number of aromatic nitrogens is 2. The summed E-state index contributed by atoms with van der Waals surface area (Å²) in [5, 5.41) is 2.77. The van der Waals surface area contributed by atoms with E-state index in [9.17, 15) is 4.79 Å². The van der Waals surface area contributed by atoms with E-state index in [1.165, 1.54) is 0 Å². The molecule has 1 amide bonds. The molecule has 3 rings (SSSR count). The number of carbonyl (C=O) groups excluding carboxylic acids is 1. The highest BCUT2D eigenvalue weighted by Gasteiger charge is 2.12. The van der Waals surface area contributed by atoms with Gasteiger partial charge in [-0.05, 0) is 37.3 Å². The molecular weight excluding hydrogens is 274 g/mol. The van der Waals surface area contributed by atoms with Gasteiger partial charge in [0.05, 0.1) is 11.0 Å². The van der Waals surface area contributed by atoms with E-state index in [1.807, 2.05) is 55.5 Å². The van der Waals surface area contributed by atoms with Crippen LogP contribution >= 0.6 is 0 Å². The lowest BCUT2D eigenvalue weighted by Gasteiger charge is -2.07. The molecule has 0 unspecified atom stereocenters. The quantitative estimate of drug-likeness (QED) is 0.750. The van der Waals surface area contributed by atoms with Gasteiger partial charge in [0.15, 0.2) is 0 Å². The first-order valence-electron chi connectivity index (χ1n) is 7.14. The Bertz CT molecular complexity index is 834. The Balaban J connectivity index is 2.05. The van der Waals surface area contributed by atoms with Crippen LogP contribution in [0.25, 0.3) is 16.7 Å². The molecule has 110 valence electrons. The summed E-state index contributed by atoms with van der Waals surface area (Å²) in [7, 11) is 0. The van der Waals surface area contributed by atoms with Gasteiger partial charge in [0.1, 0.15) is 5.82 Å². The second kappa shape index (κ2) is 5.85. The lowest BCUT2D eigenvalue weighted by molar-refractivity contribution is 0.0958. The topological polar surface area (TPSA) is 46.9 Å². The molecule has 0 fully saturated rings. The van der Waals surface area contributed by atoms with E-state index in [0.717, 1.165) is 22.5 Å². The molecule has 0 aliphatic rings. The van der Waals surface area contributed by atoms with Crippen molar-refractivity contribution in [3.63, 3.8) is 0 Å². The summed E-state index contributed by atoms with van der Waals surface area (Å²) in [6.45, 7) is 6.01. The highest BCUT2D eigenvalue weighted by Crippen LogP contribution is 2.22. The third-order valence-electron chi connectivity index (χ3n) is 3.51. The van der Waals surface area contributed by atoms with Gasteiger partial charge in [-0.2, -0.15) is 0 Å². The minimum atomic E-state index is -0.117. The summed E-state index contributed by atoms with van der Waals surface area (Å²) in [4.78, 5) is 16.6. The number of carbonyl (C=O) groups is 1. The molecule has 0 aliphatic heterocycles. The third-order valence-corrected chi connectivity index (χ3v) is 3.51. The van der Waals surface area contributed by atoms with Crippen molar-refractivity contribution in [1.82, 2.24) is 14.9 Å². The maximum atomic E-state index is 12.0. The zero-order valence-electron chi connectivity index (χ0n) is 12.4. The Morgan fingerprint density at radius 2 is 2.05 bits per heavy atom. The van der Waals surface area contributed by atoms with E-state index in [4.69, 9.17) is 0 Å².